The van der Waals surface area contributed by atoms with Crippen LogP contribution in [-0.2, 0) is 9.53 Å². The molecule has 0 amide bonds. The lowest BCUT2D eigenvalue weighted by Gasteiger charge is -2.55. The number of fused-ring (bicyclic) bond motifs is 5. The number of carbonyl (C=O) groups excluding carboxylic acids is 1. The molecule has 4 aliphatic carbocycles. The van der Waals surface area contributed by atoms with Crippen LogP contribution in [0.1, 0.15) is 99.8 Å². The summed E-state index contributed by atoms with van der Waals surface area (Å²) in [5.74, 6) is 4.18. The molecule has 8 atom stereocenters. The van der Waals surface area contributed by atoms with Crippen LogP contribution in [0.25, 0.3) is 0 Å². The van der Waals surface area contributed by atoms with Crippen LogP contribution in [-0.4, -0.2) is 12.1 Å². The highest BCUT2D eigenvalue weighted by Gasteiger charge is 2.56. The van der Waals surface area contributed by atoms with Crippen molar-refractivity contribution in [3.63, 3.8) is 0 Å². The van der Waals surface area contributed by atoms with Gasteiger partial charge >= 0.3 is 5.97 Å². The Morgan fingerprint density at radius 1 is 1.06 bits per heavy atom. The number of rotatable bonds is 6. The highest BCUT2D eigenvalue weighted by Crippen LogP contribution is 2.66. The van der Waals surface area contributed by atoms with E-state index in [9.17, 15) is 4.79 Å². The van der Waals surface area contributed by atoms with E-state index < -0.39 is 0 Å². The van der Waals surface area contributed by atoms with Crippen LogP contribution in [0.2, 0.25) is 0 Å². The summed E-state index contributed by atoms with van der Waals surface area (Å²) in [6, 6.07) is 0. The molecule has 33 heavy (non-hydrogen) atoms. The van der Waals surface area contributed by atoms with E-state index in [0.717, 1.165) is 37.0 Å². The molecule has 2 heteroatoms. The molecular formula is C31H48O2. The van der Waals surface area contributed by atoms with Crippen LogP contribution < -0.4 is 0 Å². The van der Waals surface area contributed by atoms with E-state index in [0.29, 0.717) is 23.2 Å². The van der Waals surface area contributed by atoms with Crippen LogP contribution >= 0.6 is 0 Å². The number of ether oxygens (including phenoxy) is 1. The summed E-state index contributed by atoms with van der Waals surface area (Å²) in [7, 11) is 0. The second kappa shape index (κ2) is 9.38. The summed E-state index contributed by atoms with van der Waals surface area (Å²) >= 11 is 0. The Morgan fingerprint density at radius 2 is 1.82 bits per heavy atom. The Hall–Kier alpha value is -1.31. The standard InChI is InChI=1S/C31H48O2/c1-8-23(20(2)3)10-9-21(4)27-13-14-28-26-12-11-24-19-25(33-22(5)32)15-17-30(24,6)29(26)16-18-31(27,28)7/h9-12,20-21,23,25,27-29H,8,13-19H2,1-7H3/b10-9+/t21-,23+,25+,27-,28+,29+,30-,31+/m0/s1. The topological polar surface area (TPSA) is 26.3 Å². The quantitative estimate of drug-likeness (QED) is 0.299. The summed E-state index contributed by atoms with van der Waals surface area (Å²) in [6.45, 7) is 16.2. The van der Waals surface area contributed by atoms with Crippen molar-refractivity contribution in [3.8, 4) is 0 Å². The fourth-order valence-electron chi connectivity index (χ4n) is 8.49. The molecule has 0 saturated heterocycles. The third kappa shape index (κ3) is 4.41. The summed E-state index contributed by atoms with van der Waals surface area (Å²) in [4.78, 5) is 11.5. The Balaban J connectivity index is 1.53. The molecule has 0 radical (unpaired) electrons. The van der Waals surface area contributed by atoms with Gasteiger partial charge in [-0.2, -0.15) is 0 Å². The SMILES string of the molecule is CC[C@H](/C=C/[C@H](C)[C@@H]1CC[C@@H]2C3=CC=C4C[C@H](OC(C)=O)CC[C@]4(C)[C@@H]3CC[C@@]21C)C(C)C. The van der Waals surface area contributed by atoms with Gasteiger partial charge in [0.25, 0.3) is 0 Å². The lowest BCUT2D eigenvalue weighted by atomic mass is 9.50. The van der Waals surface area contributed by atoms with Gasteiger partial charge in [-0.15, -0.1) is 0 Å². The van der Waals surface area contributed by atoms with Gasteiger partial charge in [0.1, 0.15) is 6.10 Å². The van der Waals surface area contributed by atoms with E-state index in [4.69, 9.17) is 4.74 Å². The van der Waals surface area contributed by atoms with Crippen molar-refractivity contribution in [1.29, 1.82) is 0 Å². The lowest BCUT2D eigenvalue weighted by molar-refractivity contribution is -0.148. The molecule has 4 aliphatic rings. The molecule has 3 fully saturated rings. The minimum absolute atomic E-state index is 0.0758. The normalized spacial score (nSPS) is 39.9. The zero-order valence-corrected chi connectivity index (χ0v) is 22.3. The largest absolute Gasteiger partial charge is 0.462 e. The molecule has 0 aromatic rings. The molecule has 0 aromatic carbocycles. The maximum Gasteiger partial charge on any atom is 0.302 e. The molecule has 0 aliphatic heterocycles. The molecular weight excluding hydrogens is 404 g/mol. The fraction of sp³-hybridized carbons (Fsp3) is 0.774. The van der Waals surface area contributed by atoms with Gasteiger partial charge in [0.15, 0.2) is 0 Å². The van der Waals surface area contributed by atoms with Crippen molar-refractivity contribution in [2.24, 2.45) is 46.3 Å². The van der Waals surface area contributed by atoms with Gasteiger partial charge in [-0.1, -0.05) is 77.0 Å². The van der Waals surface area contributed by atoms with Crippen molar-refractivity contribution in [3.05, 3.63) is 35.5 Å². The second-order valence-electron chi connectivity index (χ2n) is 12.6. The molecule has 3 saturated carbocycles. The molecule has 0 spiro atoms. The maximum atomic E-state index is 11.5. The number of esters is 1. The highest BCUT2D eigenvalue weighted by molar-refractivity contribution is 5.66. The highest BCUT2D eigenvalue weighted by atomic mass is 16.5. The van der Waals surface area contributed by atoms with E-state index in [-0.39, 0.29) is 17.5 Å². The van der Waals surface area contributed by atoms with Crippen molar-refractivity contribution in [2.75, 3.05) is 0 Å². The van der Waals surface area contributed by atoms with E-state index in [1.54, 1.807) is 12.5 Å². The number of allylic oxidation sites excluding steroid dienone is 5. The van der Waals surface area contributed by atoms with Crippen LogP contribution in [0.15, 0.2) is 35.5 Å². The van der Waals surface area contributed by atoms with Gasteiger partial charge in [0.05, 0.1) is 0 Å². The van der Waals surface area contributed by atoms with E-state index in [2.05, 4.69) is 65.8 Å². The van der Waals surface area contributed by atoms with Gasteiger partial charge in [-0.3, -0.25) is 4.79 Å². The van der Waals surface area contributed by atoms with Gasteiger partial charge in [0, 0.05) is 13.3 Å². The van der Waals surface area contributed by atoms with Gasteiger partial charge in [-0.25, -0.2) is 0 Å². The van der Waals surface area contributed by atoms with Crippen LogP contribution in [0.4, 0.5) is 0 Å². The van der Waals surface area contributed by atoms with Gasteiger partial charge < -0.3 is 4.74 Å². The van der Waals surface area contributed by atoms with Crippen LogP contribution in [0.5, 0.6) is 0 Å². The molecule has 0 aromatic heterocycles. The average molecular weight is 453 g/mol. The molecule has 4 rings (SSSR count). The Kier molecular flexibility index (Phi) is 7.05. The summed E-state index contributed by atoms with van der Waals surface area (Å²) in [6.07, 6.45) is 19.9. The third-order valence-corrected chi connectivity index (χ3v) is 10.6. The first-order chi connectivity index (χ1) is 15.6. The molecule has 2 nitrogen and oxygen atoms in total. The van der Waals surface area contributed by atoms with E-state index in [1.807, 2.05) is 0 Å². The molecule has 0 unspecified atom stereocenters. The zero-order valence-electron chi connectivity index (χ0n) is 22.3. The smallest absolute Gasteiger partial charge is 0.302 e. The van der Waals surface area contributed by atoms with Gasteiger partial charge in [0.2, 0.25) is 0 Å². The third-order valence-electron chi connectivity index (χ3n) is 10.6. The maximum absolute atomic E-state index is 11.5. The molecule has 184 valence electrons. The Bertz CT molecular complexity index is 832. The first-order valence-electron chi connectivity index (χ1n) is 13.9. The molecule has 0 heterocycles. The zero-order chi connectivity index (χ0) is 24.0. The Morgan fingerprint density at radius 3 is 2.48 bits per heavy atom. The molecule has 0 N–H and O–H groups in total. The van der Waals surface area contributed by atoms with Crippen LogP contribution in [0.3, 0.4) is 0 Å². The Labute approximate surface area is 203 Å². The predicted octanol–water partition coefficient (Wildman–Crippen LogP) is 8.29. The second-order valence-corrected chi connectivity index (χ2v) is 12.6. The average Bonchev–Trinajstić information content (AvgIpc) is 3.11. The minimum Gasteiger partial charge on any atom is -0.462 e. The first kappa shape index (κ1) is 24.8. The van der Waals surface area contributed by atoms with Crippen molar-refractivity contribution in [2.45, 2.75) is 106 Å². The number of carbonyl (C=O) groups is 1. The predicted molar refractivity (Wildman–Crippen MR) is 138 cm³/mol. The first-order valence-corrected chi connectivity index (χ1v) is 13.9. The summed E-state index contributed by atoms with van der Waals surface area (Å²) in [5.41, 5.74) is 3.98. The van der Waals surface area contributed by atoms with Crippen molar-refractivity contribution < 1.29 is 9.53 Å². The van der Waals surface area contributed by atoms with Crippen molar-refractivity contribution in [1.82, 2.24) is 0 Å². The van der Waals surface area contributed by atoms with E-state index >= 15 is 0 Å². The lowest BCUT2D eigenvalue weighted by Crippen LogP contribution is -2.46. The van der Waals surface area contributed by atoms with Crippen LogP contribution in [0, 0.1) is 46.3 Å². The fourth-order valence-corrected chi connectivity index (χ4v) is 8.49. The van der Waals surface area contributed by atoms with Crippen molar-refractivity contribution >= 4 is 5.97 Å². The monoisotopic (exact) mass is 452 g/mol. The molecule has 0 bridgehead atoms. The summed E-state index contributed by atoms with van der Waals surface area (Å²) < 4.78 is 5.60. The van der Waals surface area contributed by atoms with Gasteiger partial charge in [-0.05, 0) is 91.3 Å². The minimum atomic E-state index is -0.136. The number of hydrogen-bond donors (Lipinski definition) is 0. The van der Waals surface area contributed by atoms with E-state index in [1.165, 1.54) is 37.7 Å². The summed E-state index contributed by atoms with van der Waals surface area (Å²) in [5, 5.41) is 0. The number of hydrogen-bond acceptors (Lipinski definition) is 2.